The van der Waals surface area contributed by atoms with E-state index in [0.29, 0.717) is 0 Å². The molecule has 0 amide bonds. The van der Waals surface area contributed by atoms with Gasteiger partial charge in [0.1, 0.15) is 6.10 Å². The zero-order valence-electron chi connectivity index (χ0n) is 16.1. The van der Waals surface area contributed by atoms with Crippen LogP contribution in [0.15, 0.2) is 11.1 Å². The number of hydrogen-bond donors (Lipinski definition) is 6. The van der Waals surface area contributed by atoms with E-state index < -0.39 is 59.8 Å². The summed E-state index contributed by atoms with van der Waals surface area (Å²) in [4.78, 5) is 57.1. The lowest BCUT2D eigenvalue weighted by Gasteiger charge is -2.23. The molecule has 6 atom stereocenters. The van der Waals surface area contributed by atoms with Crippen LogP contribution in [-0.4, -0.2) is 63.6 Å². The number of hydrogen-bond acceptors (Lipinski definition) is 11. The van der Waals surface area contributed by atoms with Crippen LogP contribution in [0.3, 0.4) is 0 Å². The second-order valence-electron chi connectivity index (χ2n) is 6.74. The number of nitrogen functional groups attached to an aromatic ring is 1. The monoisotopic (exact) mass is 541 g/mol. The third-order valence-electron chi connectivity index (χ3n) is 4.17. The predicted octanol–water partition coefficient (Wildman–Crippen LogP) is 0.00880. The SMILES string of the molecule is C[C@@]1(F)[C@H](F)[C@@H](COP(=O)(O)OP(=O)(O)OP(=O)(O)O)O[C@H]1n1cnc2c(=O)[nH]c(N)nc21. The van der Waals surface area contributed by atoms with Crippen LogP contribution >= 0.6 is 23.5 Å². The third-order valence-corrected chi connectivity index (χ3v) is 7.98. The number of phosphoric ester groups is 1. The normalized spacial score (nSPS) is 29.7. The Morgan fingerprint density at radius 2 is 1.91 bits per heavy atom. The molecule has 0 saturated carbocycles. The number of aromatic amines is 1. The van der Waals surface area contributed by atoms with Crippen molar-refractivity contribution >= 4 is 40.6 Å². The lowest BCUT2D eigenvalue weighted by Crippen LogP contribution is -2.37. The number of halogens is 2. The Hall–Kier alpha value is -1.62. The molecule has 1 saturated heterocycles. The van der Waals surface area contributed by atoms with Crippen molar-refractivity contribution < 1.29 is 59.9 Å². The fraction of sp³-hybridized carbons (Fsp3) is 0.545. The Morgan fingerprint density at radius 3 is 2.52 bits per heavy atom. The number of rotatable bonds is 8. The molecule has 22 heteroatoms. The Balaban J connectivity index is 1.78. The van der Waals surface area contributed by atoms with Gasteiger partial charge < -0.3 is 30.0 Å². The first-order chi connectivity index (χ1) is 14.9. The molecule has 7 N–H and O–H groups in total. The van der Waals surface area contributed by atoms with E-state index in [1.165, 1.54) is 0 Å². The standard InChI is InChI=1S/C11H16F2N5O12P3/c1-11(13)6(12)4(2-27-32(23,24)30-33(25,26)29-31(20,21)22)28-9(11)18-3-15-5-7(18)16-10(14)17-8(5)19/h3-4,6,9H,2H2,1H3,(H,23,24)(H,25,26)(H2,20,21,22)(H3,14,16,17,19)/t4-,6-,9-,11-/m1/s1. The minimum Gasteiger partial charge on any atom is -0.369 e. The third kappa shape index (κ3) is 5.72. The number of ether oxygens (including phenoxy) is 1. The lowest BCUT2D eigenvalue weighted by molar-refractivity contribution is -0.0559. The summed E-state index contributed by atoms with van der Waals surface area (Å²) in [6.45, 7) is -0.459. The van der Waals surface area contributed by atoms with Gasteiger partial charge >= 0.3 is 23.5 Å². The Bertz CT molecular complexity index is 1260. The van der Waals surface area contributed by atoms with Crippen LogP contribution in [0.5, 0.6) is 0 Å². The van der Waals surface area contributed by atoms with Gasteiger partial charge in [-0.2, -0.15) is 13.6 Å². The van der Waals surface area contributed by atoms with Crippen molar-refractivity contribution in [1.82, 2.24) is 19.5 Å². The van der Waals surface area contributed by atoms with Gasteiger partial charge in [-0.3, -0.25) is 18.9 Å². The zero-order valence-corrected chi connectivity index (χ0v) is 18.8. The van der Waals surface area contributed by atoms with Crippen molar-refractivity contribution in [2.45, 2.75) is 31.1 Å². The van der Waals surface area contributed by atoms with E-state index in [1.54, 1.807) is 0 Å². The summed E-state index contributed by atoms with van der Waals surface area (Å²) in [5.74, 6) is -0.353. The first-order valence-corrected chi connectivity index (χ1v) is 12.9. The summed E-state index contributed by atoms with van der Waals surface area (Å²) in [5.41, 5.74) is 1.32. The molecule has 2 unspecified atom stereocenters. The Morgan fingerprint density at radius 1 is 1.27 bits per heavy atom. The number of aromatic nitrogens is 4. The van der Waals surface area contributed by atoms with E-state index in [4.69, 9.17) is 25.2 Å². The lowest BCUT2D eigenvalue weighted by atomic mass is 10.00. The summed E-state index contributed by atoms with van der Waals surface area (Å²) in [6, 6.07) is 0. The van der Waals surface area contributed by atoms with Crippen LogP contribution in [0.2, 0.25) is 0 Å². The highest BCUT2D eigenvalue weighted by Crippen LogP contribution is 2.66. The van der Waals surface area contributed by atoms with Crippen molar-refractivity contribution in [2.75, 3.05) is 12.3 Å². The van der Waals surface area contributed by atoms with Gasteiger partial charge in [0, 0.05) is 0 Å². The molecule has 0 bridgehead atoms. The van der Waals surface area contributed by atoms with Crippen LogP contribution < -0.4 is 11.3 Å². The van der Waals surface area contributed by atoms with Gasteiger partial charge in [0.2, 0.25) is 5.95 Å². The average Bonchev–Trinajstić information content (AvgIpc) is 3.10. The van der Waals surface area contributed by atoms with Gasteiger partial charge in [0.05, 0.1) is 12.9 Å². The fourth-order valence-electron chi connectivity index (χ4n) is 2.91. The smallest absolute Gasteiger partial charge is 0.369 e. The maximum absolute atomic E-state index is 15.2. The number of alkyl halides is 2. The molecule has 1 aliphatic heterocycles. The molecule has 0 radical (unpaired) electrons. The van der Waals surface area contributed by atoms with Gasteiger partial charge in [-0.1, -0.05) is 0 Å². The predicted molar refractivity (Wildman–Crippen MR) is 101 cm³/mol. The molecule has 2 aromatic heterocycles. The van der Waals surface area contributed by atoms with Crippen LogP contribution in [0.4, 0.5) is 14.7 Å². The first kappa shape index (κ1) is 26.0. The Labute approximate surface area is 180 Å². The van der Waals surface area contributed by atoms with Gasteiger partial charge in [0.15, 0.2) is 29.2 Å². The number of fused-ring (bicyclic) bond motifs is 1. The number of nitrogens with one attached hydrogen (secondary N) is 1. The molecular formula is C11H16F2N5O12P3. The van der Waals surface area contributed by atoms with Gasteiger partial charge in [-0.25, -0.2) is 27.5 Å². The molecule has 3 rings (SSSR count). The largest absolute Gasteiger partial charge is 0.490 e. The van der Waals surface area contributed by atoms with Gasteiger partial charge in [-0.05, 0) is 6.92 Å². The molecular weight excluding hydrogens is 525 g/mol. The number of nitrogens with zero attached hydrogens (tertiary/aromatic N) is 3. The summed E-state index contributed by atoms with van der Waals surface area (Å²) in [7, 11) is -17.0. The fourth-order valence-corrected chi connectivity index (χ4v) is 5.94. The quantitative estimate of drug-likeness (QED) is 0.241. The average molecular weight is 541 g/mol. The van der Waals surface area contributed by atoms with E-state index >= 15 is 4.39 Å². The minimum atomic E-state index is -5.80. The first-order valence-electron chi connectivity index (χ1n) is 8.41. The van der Waals surface area contributed by atoms with Gasteiger partial charge in [0.25, 0.3) is 5.56 Å². The molecule has 17 nitrogen and oxygen atoms in total. The van der Waals surface area contributed by atoms with E-state index in [-0.39, 0.29) is 17.1 Å². The van der Waals surface area contributed by atoms with Crippen LogP contribution in [0.1, 0.15) is 13.2 Å². The highest BCUT2D eigenvalue weighted by Gasteiger charge is 2.57. The molecule has 0 aromatic carbocycles. The second kappa shape index (κ2) is 8.55. The maximum Gasteiger partial charge on any atom is 0.490 e. The van der Waals surface area contributed by atoms with Crippen molar-refractivity contribution in [3.63, 3.8) is 0 Å². The topological polar surface area (TPSA) is 259 Å². The zero-order chi connectivity index (χ0) is 25.0. The van der Waals surface area contributed by atoms with E-state index in [9.17, 15) is 27.8 Å². The summed E-state index contributed by atoms with van der Waals surface area (Å²) < 4.78 is 81.1. The van der Waals surface area contributed by atoms with Crippen molar-refractivity contribution in [2.24, 2.45) is 0 Å². The molecule has 0 spiro atoms. The molecule has 1 aliphatic rings. The Kier molecular flexibility index (Phi) is 6.73. The maximum atomic E-state index is 15.2. The van der Waals surface area contributed by atoms with Crippen LogP contribution in [0.25, 0.3) is 11.2 Å². The molecule has 1 fully saturated rings. The number of nitrogens with two attached hydrogens (primary N) is 1. The van der Waals surface area contributed by atoms with E-state index in [2.05, 4.69) is 28.1 Å². The molecule has 0 aliphatic carbocycles. The van der Waals surface area contributed by atoms with Crippen LogP contribution in [-0.2, 0) is 31.6 Å². The van der Waals surface area contributed by atoms with Crippen LogP contribution in [0, 0.1) is 0 Å². The highest BCUT2D eigenvalue weighted by molar-refractivity contribution is 7.66. The van der Waals surface area contributed by atoms with Gasteiger partial charge in [-0.15, -0.1) is 0 Å². The van der Waals surface area contributed by atoms with E-state index in [0.717, 1.165) is 17.8 Å². The molecule has 2 aromatic rings. The van der Waals surface area contributed by atoms with E-state index in [1.807, 2.05) is 0 Å². The summed E-state index contributed by atoms with van der Waals surface area (Å²) in [5, 5.41) is 0. The highest BCUT2D eigenvalue weighted by atomic mass is 31.3. The number of phosphoric acid groups is 3. The summed E-state index contributed by atoms with van der Waals surface area (Å²) >= 11 is 0. The van der Waals surface area contributed by atoms with Crippen molar-refractivity contribution in [3.05, 3.63) is 16.7 Å². The number of H-pyrrole nitrogens is 1. The molecule has 3 heterocycles. The second-order valence-corrected chi connectivity index (χ2v) is 11.2. The molecule has 33 heavy (non-hydrogen) atoms. The number of imidazole rings is 1. The minimum absolute atomic E-state index is 0.258. The van der Waals surface area contributed by atoms with Crippen molar-refractivity contribution in [1.29, 1.82) is 0 Å². The summed E-state index contributed by atoms with van der Waals surface area (Å²) in [6.07, 6.45) is -5.33. The van der Waals surface area contributed by atoms with Crippen molar-refractivity contribution in [3.8, 4) is 0 Å². The molecule has 186 valence electrons. The number of anilines is 1.